The number of hydrogen-bond acceptors (Lipinski definition) is 9. The molecule has 0 amide bonds. The molecule has 0 unspecified atom stereocenters. The van der Waals surface area contributed by atoms with Crippen molar-refractivity contribution in [2.45, 2.75) is 39.0 Å². The average Bonchev–Trinajstić information content (AvgIpc) is 3.23. The molecule has 3 aromatic rings. The summed E-state index contributed by atoms with van der Waals surface area (Å²) < 4.78 is 1.55. The van der Waals surface area contributed by atoms with E-state index in [1.165, 1.54) is 6.33 Å². The fourth-order valence-electron chi connectivity index (χ4n) is 3.61. The molecule has 28 heavy (non-hydrogen) atoms. The Bertz CT molecular complexity index is 918. The summed E-state index contributed by atoms with van der Waals surface area (Å²) in [4.78, 5) is 26.1. The highest BCUT2D eigenvalue weighted by Gasteiger charge is 2.31. The fourth-order valence-corrected chi connectivity index (χ4v) is 3.61. The second-order valence-corrected chi connectivity index (χ2v) is 7.01. The third kappa shape index (κ3) is 3.50. The predicted octanol–water partition coefficient (Wildman–Crippen LogP) is 1.00. The molecule has 1 saturated heterocycles. The normalized spacial score (nSPS) is 21.0. The first-order valence-corrected chi connectivity index (χ1v) is 9.25. The van der Waals surface area contributed by atoms with E-state index in [1.54, 1.807) is 30.3 Å². The van der Waals surface area contributed by atoms with Crippen molar-refractivity contribution in [3.05, 3.63) is 43.0 Å². The summed E-state index contributed by atoms with van der Waals surface area (Å²) in [6.45, 7) is 7.56. The zero-order valence-electron chi connectivity index (χ0n) is 16.1. The van der Waals surface area contributed by atoms with E-state index in [0.717, 1.165) is 24.7 Å². The molecule has 4 heterocycles. The van der Waals surface area contributed by atoms with E-state index in [4.69, 9.17) is 0 Å². The third-order valence-corrected chi connectivity index (χ3v) is 4.79. The van der Waals surface area contributed by atoms with E-state index in [2.05, 4.69) is 53.7 Å². The van der Waals surface area contributed by atoms with Crippen LogP contribution in [0.4, 0.5) is 11.6 Å². The number of aromatic nitrogens is 7. The van der Waals surface area contributed by atoms with E-state index in [0.29, 0.717) is 11.8 Å². The van der Waals surface area contributed by atoms with Crippen molar-refractivity contribution in [2.24, 2.45) is 0 Å². The minimum absolute atomic E-state index is 0.199. The van der Waals surface area contributed by atoms with Crippen molar-refractivity contribution in [3.8, 4) is 5.95 Å². The summed E-state index contributed by atoms with van der Waals surface area (Å²) in [5.41, 5.74) is 0. The minimum atomic E-state index is -0.692. The maximum Gasteiger partial charge on any atom is 0.253 e. The Kier molecular flexibility index (Phi) is 4.86. The van der Waals surface area contributed by atoms with Gasteiger partial charge in [0.15, 0.2) is 5.82 Å². The lowest BCUT2D eigenvalue weighted by atomic mass is 10.1. The quantitative estimate of drug-likeness (QED) is 0.708. The summed E-state index contributed by atoms with van der Waals surface area (Å²) >= 11 is 0. The summed E-state index contributed by atoms with van der Waals surface area (Å²) in [6.07, 6.45) is 5.79. The highest BCUT2D eigenvalue weighted by atomic mass is 16.3. The van der Waals surface area contributed by atoms with Gasteiger partial charge in [-0.3, -0.25) is 0 Å². The maximum atomic E-state index is 9.80. The van der Waals surface area contributed by atoms with E-state index in [1.807, 2.05) is 12.1 Å². The molecule has 10 heteroatoms. The highest BCUT2D eigenvalue weighted by molar-refractivity contribution is 5.47. The number of aliphatic hydroxyl groups is 1. The van der Waals surface area contributed by atoms with Gasteiger partial charge in [-0.25, -0.2) is 19.9 Å². The Balaban J connectivity index is 1.56. The first kappa shape index (κ1) is 18.2. The lowest BCUT2D eigenvalue weighted by molar-refractivity contribution is 0.189. The van der Waals surface area contributed by atoms with Crippen molar-refractivity contribution in [3.63, 3.8) is 0 Å². The molecule has 3 aromatic heterocycles. The van der Waals surface area contributed by atoms with Gasteiger partial charge < -0.3 is 14.9 Å². The Hall–Kier alpha value is -3.14. The number of rotatable bonds is 4. The van der Waals surface area contributed by atoms with Crippen LogP contribution in [0.3, 0.4) is 0 Å². The van der Waals surface area contributed by atoms with Crippen molar-refractivity contribution in [2.75, 3.05) is 22.9 Å². The number of nitrogens with zero attached hydrogens (tertiary/aromatic N) is 9. The molecule has 4 rings (SSSR count). The SMILES string of the molecule is C[C@@H]1CN(c2ccnc(-n3cncn3)n2)C[C@H](C)N1c1ccnc([C@@H](C)O)n1. The molecule has 1 fully saturated rings. The van der Waals surface area contributed by atoms with Gasteiger partial charge in [-0.2, -0.15) is 14.8 Å². The largest absolute Gasteiger partial charge is 0.385 e. The second-order valence-electron chi connectivity index (χ2n) is 7.01. The molecule has 1 N–H and O–H groups in total. The van der Waals surface area contributed by atoms with Gasteiger partial charge in [0.25, 0.3) is 5.95 Å². The van der Waals surface area contributed by atoms with Gasteiger partial charge in [-0.05, 0) is 32.9 Å². The molecule has 10 nitrogen and oxygen atoms in total. The second kappa shape index (κ2) is 7.47. The smallest absolute Gasteiger partial charge is 0.253 e. The van der Waals surface area contributed by atoms with E-state index in [-0.39, 0.29) is 12.1 Å². The third-order valence-electron chi connectivity index (χ3n) is 4.79. The van der Waals surface area contributed by atoms with Crippen LogP contribution in [0.25, 0.3) is 5.95 Å². The molecule has 1 aliphatic rings. The van der Waals surface area contributed by atoms with E-state index < -0.39 is 6.10 Å². The molecule has 0 saturated carbocycles. The topological polar surface area (TPSA) is 109 Å². The first-order valence-electron chi connectivity index (χ1n) is 9.25. The molecule has 0 aromatic carbocycles. The summed E-state index contributed by atoms with van der Waals surface area (Å²) in [7, 11) is 0. The van der Waals surface area contributed by atoms with E-state index >= 15 is 0 Å². The van der Waals surface area contributed by atoms with Crippen LogP contribution in [0.2, 0.25) is 0 Å². The summed E-state index contributed by atoms with van der Waals surface area (Å²) in [6, 6.07) is 4.20. The van der Waals surface area contributed by atoms with E-state index in [9.17, 15) is 5.11 Å². The van der Waals surface area contributed by atoms with Gasteiger partial charge in [0.1, 0.15) is 30.4 Å². The lowest BCUT2D eigenvalue weighted by Gasteiger charge is -2.45. The van der Waals surface area contributed by atoms with Crippen molar-refractivity contribution >= 4 is 11.6 Å². The zero-order valence-corrected chi connectivity index (χ0v) is 16.1. The molecule has 146 valence electrons. The number of anilines is 2. The molecule has 1 aliphatic heterocycles. The van der Waals surface area contributed by atoms with Crippen LogP contribution in [0.1, 0.15) is 32.7 Å². The van der Waals surface area contributed by atoms with Gasteiger partial charge in [-0.15, -0.1) is 0 Å². The molecule has 3 atom stereocenters. The standard InChI is InChI=1S/C18H23N9O/c1-12-8-25(15-4-7-21-18(24-15)26-11-19-10-22-26)9-13(2)27(12)16-5-6-20-17(23-16)14(3)28/h4-7,10-14,28H,8-9H2,1-3H3/t12-,13+,14-/m1/s1. The zero-order chi connectivity index (χ0) is 19.7. The number of hydrogen-bond donors (Lipinski definition) is 1. The van der Waals surface area contributed by atoms with Crippen LogP contribution < -0.4 is 9.80 Å². The number of aliphatic hydroxyl groups excluding tert-OH is 1. The van der Waals surface area contributed by atoms with Gasteiger partial charge in [0.2, 0.25) is 0 Å². The van der Waals surface area contributed by atoms with Gasteiger partial charge in [0, 0.05) is 37.6 Å². The van der Waals surface area contributed by atoms with Crippen LogP contribution in [-0.2, 0) is 0 Å². The molecule has 0 aliphatic carbocycles. The van der Waals surface area contributed by atoms with Crippen LogP contribution in [0.5, 0.6) is 0 Å². The highest BCUT2D eigenvalue weighted by Crippen LogP contribution is 2.26. The Morgan fingerprint density at radius 2 is 1.75 bits per heavy atom. The molecule has 0 bridgehead atoms. The van der Waals surface area contributed by atoms with Crippen LogP contribution >= 0.6 is 0 Å². The molecular formula is C18H23N9O. The van der Waals surface area contributed by atoms with Gasteiger partial charge in [0.05, 0.1) is 0 Å². The van der Waals surface area contributed by atoms with Crippen LogP contribution in [0.15, 0.2) is 37.2 Å². The van der Waals surface area contributed by atoms with Crippen LogP contribution in [-0.4, -0.2) is 65.0 Å². The van der Waals surface area contributed by atoms with Crippen molar-refractivity contribution in [1.82, 2.24) is 34.7 Å². The Morgan fingerprint density at radius 3 is 2.43 bits per heavy atom. The average molecular weight is 381 g/mol. The fraction of sp³-hybridized carbons (Fsp3) is 0.444. The lowest BCUT2D eigenvalue weighted by Crippen LogP contribution is -2.57. The van der Waals surface area contributed by atoms with Crippen molar-refractivity contribution < 1.29 is 5.11 Å². The maximum absolute atomic E-state index is 9.80. The summed E-state index contributed by atoms with van der Waals surface area (Å²) in [5.74, 6) is 2.62. The molecule has 0 spiro atoms. The molecule has 0 radical (unpaired) electrons. The summed E-state index contributed by atoms with van der Waals surface area (Å²) in [5, 5.41) is 13.9. The number of piperazine rings is 1. The monoisotopic (exact) mass is 381 g/mol. The van der Waals surface area contributed by atoms with Crippen LogP contribution in [0, 0.1) is 0 Å². The minimum Gasteiger partial charge on any atom is -0.385 e. The first-order chi connectivity index (χ1) is 13.5. The molecular weight excluding hydrogens is 358 g/mol. The van der Waals surface area contributed by atoms with Crippen molar-refractivity contribution in [1.29, 1.82) is 0 Å². The van der Waals surface area contributed by atoms with Gasteiger partial charge >= 0.3 is 0 Å². The Morgan fingerprint density at radius 1 is 1.04 bits per heavy atom. The predicted molar refractivity (Wildman–Crippen MR) is 103 cm³/mol. The van der Waals surface area contributed by atoms with Gasteiger partial charge in [-0.1, -0.05) is 0 Å². The Labute approximate surface area is 162 Å².